The van der Waals surface area contributed by atoms with E-state index >= 15 is 0 Å². The standard InChI is InChI=1S/C15H18BrN5/c16-11-7-13-15(19-8-11)14(1-2-18-13)21-9-12(10-21)20-5-3-17-4-6-20/h1-2,7-8,12,17H,3-6,9-10H2. The zero-order chi connectivity index (χ0) is 14.2. The average molecular weight is 348 g/mol. The summed E-state index contributed by atoms with van der Waals surface area (Å²) in [6.07, 6.45) is 3.73. The fraction of sp³-hybridized carbons (Fsp3) is 0.467. The highest BCUT2D eigenvalue weighted by atomic mass is 79.9. The molecule has 0 atom stereocenters. The Morgan fingerprint density at radius 3 is 2.81 bits per heavy atom. The molecule has 110 valence electrons. The molecule has 2 fully saturated rings. The number of fused-ring (bicyclic) bond motifs is 1. The number of rotatable bonds is 2. The first-order valence-corrected chi connectivity index (χ1v) is 8.20. The van der Waals surface area contributed by atoms with Gasteiger partial charge in [-0.05, 0) is 28.1 Å². The van der Waals surface area contributed by atoms with Gasteiger partial charge < -0.3 is 10.2 Å². The highest BCUT2D eigenvalue weighted by molar-refractivity contribution is 9.10. The van der Waals surface area contributed by atoms with Gasteiger partial charge in [0.15, 0.2) is 0 Å². The van der Waals surface area contributed by atoms with Crippen LogP contribution in [0.25, 0.3) is 11.0 Å². The maximum atomic E-state index is 4.55. The number of aromatic nitrogens is 2. The summed E-state index contributed by atoms with van der Waals surface area (Å²) in [6.45, 7) is 6.75. The summed E-state index contributed by atoms with van der Waals surface area (Å²) < 4.78 is 0.974. The van der Waals surface area contributed by atoms with Crippen LogP contribution in [-0.4, -0.2) is 60.2 Å². The van der Waals surface area contributed by atoms with Gasteiger partial charge in [0.05, 0.1) is 11.2 Å². The van der Waals surface area contributed by atoms with Crippen LogP contribution >= 0.6 is 15.9 Å². The second-order valence-electron chi connectivity index (χ2n) is 5.70. The minimum atomic E-state index is 0.686. The molecule has 0 radical (unpaired) electrons. The van der Waals surface area contributed by atoms with E-state index in [4.69, 9.17) is 0 Å². The molecule has 2 saturated heterocycles. The van der Waals surface area contributed by atoms with Crippen molar-refractivity contribution in [1.29, 1.82) is 0 Å². The monoisotopic (exact) mass is 347 g/mol. The lowest BCUT2D eigenvalue weighted by Gasteiger charge is -2.48. The quantitative estimate of drug-likeness (QED) is 0.891. The highest BCUT2D eigenvalue weighted by Gasteiger charge is 2.33. The number of piperazine rings is 1. The van der Waals surface area contributed by atoms with Gasteiger partial charge in [0, 0.05) is 62.2 Å². The van der Waals surface area contributed by atoms with Crippen LogP contribution in [0, 0.1) is 0 Å². The third kappa shape index (κ3) is 2.52. The SMILES string of the molecule is Brc1cnc2c(N3CC(N4CCNCC4)C3)ccnc2c1. The van der Waals surface area contributed by atoms with Gasteiger partial charge in [-0.3, -0.25) is 14.9 Å². The van der Waals surface area contributed by atoms with Crippen molar-refractivity contribution >= 4 is 32.7 Å². The summed E-state index contributed by atoms with van der Waals surface area (Å²) in [5.41, 5.74) is 3.16. The zero-order valence-electron chi connectivity index (χ0n) is 11.8. The molecule has 0 unspecified atom stereocenters. The lowest BCUT2D eigenvalue weighted by Crippen LogP contribution is -2.62. The molecule has 0 amide bonds. The summed E-state index contributed by atoms with van der Waals surface area (Å²) in [6, 6.07) is 4.79. The van der Waals surface area contributed by atoms with E-state index < -0.39 is 0 Å². The molecule has 5 nitrogen and oxygen atoms in total. The van der Waals surface area contributed by atoms with Gasteiger partial charge in [0.2, 0.25) is 0 Å². The number of nitrogens with one attached hydrogen (secondary N) is 1. The Balaban J connectivity index is 1.53. The first kappa shape index (κ1) is 13.4. The van der Waals surface area contributed by atoms with Gasteiger partial charge in [-0.1, -0.05) is 0 Å². The van der Waals surface area contributed by atoms with E-state index in [2.05, 4.69) is 47.1 Å². The molecule has 0 aromatic carbocycles. The highest BCUT2D eigenvalue weighted by Crippen LogP contribution is 2.30. The molecule has 0 saturated carbocycles. The molecule has 2 aliphatic heterocycles. The van der Waals surface area contributed by atoms with Crippen molar-refractivity contribution in [2.24, 2.45) is 0 Å². The Kier molecular flexibility index (Phi) is 3.52. The van der Waals surface area contributed by atoms with Gasteiger partial charge in [0.1, 0.15) is 5.52 Å². The molecule has 4 rings (SSSR count). The molecule has 4 heterocycles. The van der Waals surface area contributed by atoms with Crippen LogP contribution in [0.2, 0.25) is 0 Å². The predicted molar refractivity (Wildman–Crippen MR) is 87.7 cm³/mol. The summed E-state index contributed by atoms with van der Waals surface area (Å²) in [7, 11) is 0. The van der Waals surface area contributed by atoms with Crippen LogP contribution in [0.15, 0.2) is 29.0 Å². The van der Waals surface area contributed by atoms with Crippen LogP contribution in [0.4, 0.5) is 5.69 Å². The Bertz CT molecular complexity index is 650. The molecule has 2 aliphatic rings. The van der Waals surface area contributed by atoms with Crippen LogP contribution in [0.1, 0.15) is 0 Å². The largest absolute Gasteiger partial charge is 0.366 e. The molecule has 2 aromatic heterocycles. The number of hydrogen-bond acceptors (Lipinski definition) is 5. The maximum absolute atomic E-state index is 4.55. The Labute approximate surface area is 132 Å². The molecule has 0 aliphatic carbocycles. The van der Waals surface area contributed by atoms with E-state index in [1.165, 1.54) is 18.8 Å². The van der Waals surface area contributed by atoms with Crippen molar-refractivity contribution in [3.63, 3.8) is 0 Å². The zero-order valence-corrected chi connectivity index (χ0v) is 13.4. The normalized spacial score (nSPS) is 20.7. The second-order valence-corrected chi connectivity index (χ2v) is 6.61. The number of pyridine rings is 2. The van der Waals surface area contributed by atoms with Gasteiger partial charge >= 0.3 is 0 Å². The topological polar surface area (TPSA) is 44.3 Å². The van der Waals surface area contributed by atoms with Crippen molar-refractivity contribution in [2.45, 2.75) is 6.04 Å². The third-order valence-electron chi connectivity index (χ3n) is 4.39. The molecule has 1 N–H and O–H groups in total. The average Bonchev–Trinajstić information content (AvgIpc) is 2.47. The third-order valence-corrected chi connectivity index (χ3v) is 4.83. The van der Waals surface area contributed by atoms with Crippen LogP contribution in [0.5, 0.6) is 0 Å². The Hall–Kier alpha value is -1.24. The summed E-state index contributed by atoms with van der Waals surface area (Å²) in [5.74, 6) is 0. The lowest BCUT2D eigenvalue weighted by atomic mass is 10.0. The molecule has 0 spiro atoms. The summed E-state index contributed by atoms with van der Waals surface area (Å²) in [4.78, 5) is 14.0. The number of hydrogen-bond donors (Lipinski definition) is 1. The minimum absolute atomic E-state index is 0.686. The van der Waals surface area contributed by atoms with E-state index in [-0.39, 0.29) is 0 Å². The van der Waals surface area contributed by atoms with Gasteiger partial charge in [-0.15, -0.1) is 0 Å². The van der Waals surface area contributed by atoms with E-state index in [1.807, 2.05) is 18.5 Å². The fourth-order valence-electron chi connectivity index (χ4n) is 3.18. The molecule has 0 bridgehead atoms. The number of halogens is 1. The first-order chi connectivity index (χ1) is 10.3. The van der Waals surface area contributed by atoms with Gasteiger partial charge in [-0.2, -0.15) is 0 Å². The smallest absolute Gasteiger partial charge is 0.112 e. The van der Waals surface area contributed by atoms with Gasteiger partial charge in [0.25, 0.3) is 0 Å². The number of anilines is 1. The van der Waals surface area contributed by atoms with Crippen molar-refractivity contribution in [3.8, 4) is 0 Å². The maximum Gasteiger partial charge on any atom is 0.112 e. The Morgan fingerprint density at radius 1 is 1.19 bits per heavy atom. The van der Waals surface area contributed by atoms with Gasteiger partial charge in [-0.25, -0.2) is 0 Å². The van der Waals surface area contributed by atoms with Crippen molar-refractivity contribution in [3.05, 3.63) is 29.0 Å². The van der Waals surface area contributed by atoms with Crippen LogP contribution in [-0.2, 0) is 0 Å². The molecular formula is C15H18BrN5. The molecule has 21 heavy (non-hydrogen) atoms. The van der Waals surface area contributed by atoms with E-state index in [1.54, 1.807) is 0 Å². The van der Waals surface area contributed by atoms with Crippen molar-refractivity contribution in [2.75, 3.05) is 44.2 Å². The molecule has 2 aromatic rings. The number of nitrogens with zero attached hydrogens (tertiary/aromatic N) is 4. The Morgan fingerprint density at radius 2 is 2.00 bits per heavy atom. The second kappa shape index (κ2) is 5.51. The van der Waals surface area contributed by atoms with Crippen molar-refractivity contribution < 1.29 is 0 Å². The van der Waals surface area contributed by atoms with E-state index in [0.717, 1.165) is 41.7 Å². The van der Waals surface area contributed by atoms with Crippen LogP contribution in [0.3, 0.4) is 0 Å². The molecule has 6 heteroatoms. The first-order valence-electron chi connectivity index (χ1n) is 7.41. The van der Waals surface area contributed by atoms with E-state index in [0.29, 0.717) is 6.04 Å². The summed E-state index contributed by atoms with van der Waals surface area (Å²) in [5, 5.41) is 3.41. The minimum Gasteiger partial charge on any atom is -0.366 e. The van der Waals surface area contributed by atoms with Crippen LogP contribution < -0.4 is 10.2 Å². The predicted octanol–water partition coefficient (Wildman–Crippen LogP) is 1.49. The molecular weight excluding hydrogens is 330 g/mol. The lowest BCUT2D eigenvalue weighted by molar-refractivity contribution is 0.147. The van der Waals surface area contributed by atoms with E-state index in [9.17, 15) is 0 Å². The van der Waals surface area contributed by atoms with Crippen molar-refractivity contribution in [1.82, 2.24) is 20.2 Å². The fourth-order valence-corrected chi connectivity index (χ4v) is 3.50. The summed E-state index contributed by atoms with van der Waals surface area (Å²) >= 11 is 3.46.